The van der Waals surface area contributed by atoms with Gasteiger partial charge in [-0.3, -0.25) is 0 Å². The van der Waals surface area contributed by atoms with E-state index in [2.05, 4.69) is 27.1 Å². The van der Waals surface area contributed by atoms with E-state index in [1.54, 1.807) is 6.20 Å². The van der Waals surface area contributed by atoms with Crippen LogP contribution in [0.2, 0.25) is 0 Å². The zero-order valence-corrected chi connectivity index (χ0v) is 10.1. The summed E-state index contributed by atoms with van der Waals surface area (Å²) in [6.45, 7) is 6.78. The first kappa shape index (κ1) is 11.6. The summed E-state index contributed by atoms with van der Waals surface area (Å²) in [5.41, 5.74) is 0. The van der Waals surface area contributed by atoms with Crippen molar-refractivity contribution in [2.45, 2.75) is 38.8 Å². The second kappa shape index (κ2) is 6.01. The third-order valence-electron chi connectivity index (χ3n) is 3.15. The molecule has 1 unspecified atom stereocenters. The molecule has 1 aromatic rings. The Hall–Kier alpha value is -0.870. The predicted octanol–water partition coefficient (Wildman–Crippen LogP) is 1.37. The predicted molar refractivity (Wildman–Crippen MR) is 65.2 cm³/mol. The van der Waals surface area contributed by atoms with Crippen LogP contribution in [0.5, 0.6) is 0 Å². The van der Waals surface area contributed by atoms with Crippen LogP contribution in [0.4, 0.5) is 0 Å². The van der Waals surface area contributed by atoms with Gasteiger partial charge in [0, 0.05) is 25.0 Å². The highest BCUT2D eigenvalue weighted by molar-refractivity contribution is 4.86. The summed E-state index contributed by atoms with van der Waals surface area (Å²) < 4.78 is 0. The molecule has 2 rings (SSSR count). The lowest BCUT2D eigenvalue weighted by atomic mass is 10.1. The molecule has 0 spiro atoms. The number of H-pyrrole nitrogens is 1. The maximum atomic E-state index is 4.20. The molecule has 0 radical (unpaired) electrons. The zero-order valence-electron chi connectivity index (χ0n) is 10.1. The summed E-state index contributed by atoms with van der Waals surface area (Å²) in [5.74, 6) is 1.02. The van der Waals surface area contributed by atoms with E-state index in [4.69, 9.17) is 0 Å². The molecule has 0 saturated carbocycles. The van der Waals surface area contributed by atoms with Crippen LogP contribution in [0, 0.1) is 0 Å². The number of imidazole rings is 1. The second-order valence-electron chi connectivity index (χ2n) is 4.68. The summed E-state index contributed by atoms with van der Waals surface area (Å²) in [6, 6.07) is 0.531. The molecular weight excluding hydrogens is 200 g/mol. The van der Waals surface area contributed by atoms with Gasteiger partial charge in [-0.25, -0.2) is 4.98 Å². The molecule has 0 bridgehead atoms. The van der Waals surface area contributed by atoms with E-state index in [1.807, 2.05) is 6.20 Å². The number of hydrogen-bond donors (Lipinski definition) is 2. The summed E-state index contributed by atoms with van der Waals surface area (Å²) in [4.78, 5) is 9.87. The highest BCUT2D eigenvalue weighted by Crippen LogP contribution is 2.08. The number of rotatable bonds is 5. The Kier molecular flexibility index (Phi) is 4.36. The first-order valence-corrected chi connectivity index (χ1v) is 6.28. The highest BCUT2D eigenvalue weighted by atomic mass is 15.2. The Bertz CT molecular complexity index is 277. The number of nitrogens with zero attached hydrogens (tertiary/aromatic N) is 2. The topological polar surface area (TPSA) is 44.0 Å². The molecule has 1 aromatic heterocycles. The Morgan fingerprint density at radius 1 is 1.44 bits per heavy atom. The summed E-state index contributed by atoms with van der Waals surface area (Å²) in [5, 5.41) is 3.50. The number of aromatic nitrogens is 2. The van der Waals surface area contributed by atoms with Crippen molar-refractivity contribution in [3.63, 3.8) is 0 Å². The van der Waals surface area contributed by atoms with E-state index in [0.717, 1.165) is 18.9 Å². The molecule has 1 aliphatic rings. The van der Waals surface area contributed by atoms with E-state index in [9.17, 15) is 0 Å². The lowest BCUT2D eigenvalue weighted by Crippen LogP contribution is -2.41. The van der Waals surface area contributed by atoms with Crippen LogP contribution in [0.3, 0.4) is 0 Å². The lowest BCUT2D eigenvalue weighted by molar-refractivity contribution is 0.208. The molecule has 1 aliphatic heterocycles. The van der Waals surface area contributed by atoms with Gasteiger partial charge in [-0.1, -0.05) is 6.42 Å². The Morgan fingerprint density at radius 3 is 2.94 bits per heavy atom. The van der Waals surface area contributed by atoms with Crippen molar-refractivity contribution in [3.05, 3.63) is 18.2 Å². The van der Waals surface area contributed by atoms with Crippen LogP contribution in [0.15, 0.2) is 12.4 Å². The van der Waals surface area contributed by atoms with Gasteiger partial charge in [0.05, 0.1) is 6.54 Å². The minimum atomic E-state index is 0.531. The summed E-state index contributed by atoms with van der Waals surface area (Å²) in [7, 11) is 0. The number of piperidine rings is 1. The number of likely N-dealkylation sites (tertiary alicyclic amines) is 1. The molecule has 4 heteroatoms. The molecular formula is C12H22N4. The first-order valence-electron chi connectivity index (χ1n) is 6.28. The van der Waals surface area contributed by atoms with Crippen molar-refractivity contribution in [3.8, 4) is 0 Å². The van der Waals surface area contributed by atoms with Crippen LogP contribution in [0.1, 0.15) is 32.0 Å². The molecule has 0 aromatic carbocycles. The SMILES string of the molecule is CC(CN1CCCCC1)NCc1ncc[nH]1. The van der Waals surface area contributed by atoms with Gasteiger partial charge in [0.1, 0.15) is 5.82 Å². The average Bonchev–Trinajstić information content (AvgIpc) is 2.81. The smallest absolute Gasteiger partial charge is 0.120 e. The van der Waals surface area contributed by atoms with Crippen LogP contribution < -0.4 is 5.32 Å². The van der Waals surface area contributed by atoms with Gasteiger partial charge in [-0.05, 0) is 32.9 Å². The van der Waals surface area contributed by atoms with Crippen molar-refractivity contribution >= 4 is 0 Å². The number of hydrogen-bond acceptors (Lipinski definition) is 3. The average molecular weight is 222 g/mol. The molecule has 16 heavy (non-hydrogen) atoms. The van der Waals surface area contributed by atoms with Crippen LogP contribution >= 0.6 is 0 Å². The van der Waals surface area contributed by atoms with E-state index in [-0.39, 0.29) is 0 Å². The van der Waals surface area contributed by atoms with E-state index in [1.165, 1.54) is 32.4 Å². The number of aromatic amines is 1. The summed E-state index contributed by atoms with van der Waals surface area (Å²) >= 11 is 0. The van der Waals surface area contributed by atoms with Crippen LogP contribution in [0.25, 0.3) is 0 Å². The zero-order chi connectivity index (χ0) is 11.2. The molecule has 2 N–H and O–H groups in total. The van der Waals surface area contributed by atoms with Crippen molar-refractivity contribution in [1.82, 2.24) is 20.2 Å². The fourth-order valence-electron chi connectivity index (χ4n) is 2.26. The van der Waals surface area contributed by atoms with Gasteiger partial charge in [-0.15, -0.1) is 0 Å². The van der Waals surface area contributed by atoms with Crippen LogP contribution in [-0.2, 0) is 6.54 Å². The molecule has 90 valence electrons. The fourth-order valence-corrected chi connectivity index (χ4v) is 2.26. The fraction of sp³-hybridized carbons (Fsp3) is 0.750. The molecule has 0 aliphatic carbocycles. The van der Waals surface area contributed by atoms with Gasteiger partial charge in [0.15, 0.2) is 0 Å². The molecule has 1 atom stereocenters. The quantitative estimate of drug-likeness (QED) is 0.791. The maximum Gasteiger partial charge on any atom is 0.120 e. The third-order valence-corrected chi connectivity index (χ3v) is 3.15. The van der Waals surface area contributed by atoms with Crippen LogP contribution in [-0.4, -0.2) is 40.5 Å². The van der Waals surface area contributed by atoms with Crippen molar-refractivity contribution < 1.29 is 0 Å². The first-order chi connectivity index (χ1) is 7.84. The van der Waals surface area contributed by atoms with Gasteiger partial charge in [-0.2, -0.15) is 0 Å². The minimum Gasteiger partial charge on any atom is -0.348 e. The minimum absolute atomic E-state index is 0.531. The second-order valence-corrected chi connectivity index (χ2v) is 4.68. The molecule has 4 nitrogen and oxygen atoms in total. The third kappa shape index (κ3) is 3.61. The van der Waals surface area contributed by atoms with Crippen molar-refractivity contribution in [2.75, 3.05) is 19.6 Å². The van der Waals surface area contributed by atoms with Gasteiger partial charge < -0.3 is 15.2 Å². The number of nitrogens with one attached hydrogen (secondary N) is 2. The largest absolute Gasteiger partial charge is 0.348 e. The standard InChI is InChI=1S/C12H22N4/c1-11(10-16-7-3-2-4-8-16)15-9-12-13-5-6-14-12/h5-6,11,15H,2-4,7-10H2,1H3,(H,13,14). The highest BCUT2D eigenvalue weighted by Gasteiger charge is 2.12. The molecule has 0 amide bonds. The normalized spacial score (nSPS) is 19.8. The van der Waals surface area contributed by atoms with Gasteiger partial charge >= 0.3 is 0 Å². The van der Waals surface area contributed by atoms with Gasteiger partial charge in [0.2, 0.25) is 0 Å². The Balaban J connectivity index is 1.65. The van der Waals surface area contributed by atoms with Gasteiger partial charge in [0.25, 0.3) is 0 Å². The maximum absolute atomic E-state index is 4.20. The molecule has 2 heterocycles. The molecule has 1 saturated heterocycles. The molecule has 1 fully saturated rings. The van der Waals surface area contributed by atoms with E-state index < -0.39 is 0 Å². The summed E-state index contributed by atoms with van der Waals surface area (Å²) in [6.07, 6.45) is 7.80. The van der Waals surface area contributed by atoms with Crippen molar-refractivity contribution in [1.29, 1.82) is 0 Å². The monoisotopic (exact) mass is 222 g/mol. The van der Waals surface area contributed by atoms with Crippen molar-refractivity contribution in [2.24, 2.45) is 0 Å². The Labute approximate surface area is 97.4 Å². The lowest BCUT2D eigenvalue weighted by Gasteiger charge is -2.29. The Morgan fingerprint density at radius 2 is 2.25 bits per heavy atom. The van der Waals surface area contributed by atoms with E-state index in [0.29, 0.717) is 6.04 Å². The van der Waals surface area contributed by atoms with E-state index >= 15 is 0 Å².